The molecule has 4 rings (SSSR count). The highest BCUT2D eigenvalue weighted by Gasteiger charge is 2.26. The maximum atomic E-state index is 11.7. The SMILES string of the molecule is NC1=NS(=O)(=O)Nc2cccc(OC[C@H]3CCCN(c4ccccn4)C3)c21. The maximum Gasteiger partial charge on any atom is 0.344 e. The second-order valence-electron chi connectivity index (χ2n) is 6.69. The molecule has 0 spiro atoms. The molecule has 1 fully saturated rings. The average Bonchev–Trinajstić information content (AvgIpc) is 2.66. The lowest BCUT2D eigenvalue weighted by Gasteiger charge is -2.33. The van der Waals surface area contributed by atoms with Crippen molar-refractivity contribution in [2.75, 3.05) is 29.3 Å². The Hall–Kier alpha value is -2.81. The highest BCUT2D eigenvalue weighted by atomic mass is 32.2. The number of aromatic nitrogens is 1. The molecule has 1 aromatic carbocycles. The van der Waals surface area contributed by atoms with Crippen molar-refractivity contribution in [3.63, 3.8) is 0 Å². The molecule has 0 saturated carbocycles. The van der Waals surface area contributed by atoms with Crippen LogP contribution in [0.4, 0.5) is 11.5 Å². The van der Waals surface area contributed by atoms with Crippen molar-refractivity contribution in [2.45, 2.75) is 12.8 Å². The van der Waals surface area contributed by atoms with Gasteiger partial charge in [0.2, 0.25) is 0 Å². The number of ether oxygens (including phenoxy) is 1. The van der Waals surface area contributed by atoms with Crippen molar-refractivity contribution in [1.82, 2.24) is 4.98 Å². The van der Waals surface area contributed by atoms with Gasteiger partial charge in [0.05, 0.1) is 17.9 Å². The van der Waals surface area contributed by atoms with Gasteiger partial charge in [-0.3, -0.25) is 4.72 Å². The quantitative estimate of drug-likeness (QED) is 0.827. The minimum absolute atomic E-state index is 0.0573. The molecule has 0 unspecified atom stereocenters. The van der Waals surface area contributed by atoms with Gasteiger partial charge in [-0.1, -0.05) is 12.1 Å². The molecule has 3 N–H and O–H groups in total. The molecule has 2 aliphatic rings. The van der Waals surface area contributed by atoms with E-state index in [1.165, 1.54) is 0 Å². The van der Waals surface area contributed by atoms with E-state index in [0.717, 1.165) is 31.7 Å². The summed E-state index contributed by atoms with van der Waals surface area (Å²) in [6, 6.07) is 11.1. The van der Waals surface area contributed by atoms with E-state index < -0.39 is 10.2 Å². The third-order valence-corrected chi connectivity index (χ3v) is 5.62. The van der Waals surface area contributed by atoms with Crippen LogP contribution < -0.4 is 20.1 Å². The molecule has 0 radical (unpaired) electrons. The van der Waals surface area contributed by atoms with Gasteiger partial charge in [0.15, 0.2) is 5.84 Å². The van der Waals surface area contributed by atoms with Crippen LogP contribution in [0.25, 0.3) is 0 Å². The smallest absolute Gasteiger partial charge is 0.344 e. The summed E-state index contributed by atoms with van der Waals surface area (Å²) in [5.74, 6) is 1.80. The highest BCUT2D eigenvalue weighted by Crippen LogP contribution is 2.31. The number of hydrogen-bond acceptors (Lipinski definition) is 6. The normalized spacial score (nSPS) is 21.0. The van der Waals surface area contributed by atoms with E-state index in [9.17, 15) is 8.42 Å². The Morgan fingerprint density at radius 3 is 2.96 bits per heavy atom. The summed E-state index contributed by atoms with van der Waals surface area (Å²) < 4.78 is 35.3. The maximum absolute atomic E-state index is 11.7. The van der Waals surface area contributed by atoms with E-state index in [1.54, 1.807) is 24.4 Å². The fourth-order valence-corrected chi connectivity index (χ4v) is 4.34. The summed E-state index contributed by atoms with van der Waals surface area (Å²) >= 11 is 0. The number of piperidine rings is 1. The van der Waals surface area contributed by atoms with Gasteiger partial charge in [-0.25, -0.2) is 4.98 Å². The van der Waals surface area contributed by atoms with Crippen LogP contribution in [0.15, 0.2) is 47.0 Å². The molecule has 1 aromatic heterocycles. The number of benzene rings is 1. The molecule has 142 valence electrons. The first-order chi connectivity index (χ1) is 13.0. The van der Waals surface area contributed by atoms with Crippen molar-refractivity contribution in [3.8, 4) is 5.75 Å². The zero-order valence-electron chi connectivity index (χ0n) is 14.7. The van der Waals surface area contributed by atoms with Gasteiger partial charge in [0, 0.05) is 25.2 Å². The first-order valence-corrected chi connectivity index (χ1v) is 10.3. The molecule has 9 heteroatoms. The summed E-state index contributed by atoms with van der Waals surface area (Å²) in [6.07, 6.45) is 3.93. The van der Waals surface area contributed by atoms with Crippen LogP contribution in [-0.4, -0.2) is 38.9 Å². The third-order valence-electron chi connectivity index (χ3n) is 4.71. The van der Waals surface area contributed by atoms with E-state index >= 15 is 0 Å². The molecular weight excluding hydrogens is 366 g/mol. The molecule has 2 aliphatic heterocycles. The number of hydrogen-bond donors (Lipinski definition) is 2. The van der Waals surface area contributed by atoms with Gasteiger partial charge in [-0.05, 0) is 37.1 Å². The summed E-state index contributed by atoms with van der Waals surface area (Å²) in [5.41, 5.74) is 6.74. The van der Waals surface area contributed by atoms with E-state index in [4.69, 9.17) is 10.5 Å². The van der Waals surface area contributed by atoms with E-state index in [1.807, 2.05) is 18.2 Å². The van der Waals surface area contributed by atoms with Crippen molar-refractivity contribution in [3.05, 3.63) is 48.2 Å². The van der Waals surface area contributed by atoms with Crippen molar-refractivity contribution in [2.24, 2.45) is 16.0 Å². The molecule has 0 bridgehead atoms. The van der Waals surface area contributed by atoms with Crippen molar-refractivity contribution >= 4 is 27.6 Å². The predicted octanol–water partition coefficient (Wildman–Crippen LogP) is 1.75. The Kier molecular flexibility index (Phi) is 4.61. The Labute approximate surface area is 158 Å². The fourth-order valence-electron chi connectivity index (χ4n) is 3.50. The van der Waals surface area contributed by atoms with Crippen LogP contribution in [-0.2, 0) is 10.2 Å². The van der Waals surface area contributed by atoms with Crippen LogP contribution in [0.3, 0.4) is 0 Å². The number of nitrogens with two attached hydrogens (primary N) is 1. The largest absolute Gasteiger partial charge is 0.492 e. The monoisotopic (exact) mass is 387 g/mol. The van der Waals surface area contributed by atoms with Crippen molar-refractivity contribution in [1.29, 1.82) is 0 Å². The van der Waals surface area contributed by atoms with Crippen LogP contribution in [0, 0.1) is 5.92 Å². The molecule has 1 saturated heterocycles. The number of nitrogens with one attached hydrogen (secondary N) is 1. The lowest BCUT2D eigenvalue weighted by Crippen LogP contribution is -2.38. The van der Waals surface area contributed by atoms with Gasteiger partial charge >= 0.3 is 10.2 Å². The van der Waals surface area contributed by atoms with Gasteiger partial charge < -0.3 is 15.4 Å². The second kappa shape index (κ2) is 7.07. The van der Waals surface area contributed by atoms with E-state index in [0.29, 0.717) is 29.5 Å². The van der Waals surface area contributed by atoms with Crippen LogP contribution >= 0.6 is 0 Å². The number of anilines is 2. The Morgan fingerprint density at radius 2 is 2.15 bits per heavy atom. The first-order valence-electron chi connectivity index (χ1n) is 8.82. The fraction of sp³-hybridized carbons (Fsp3) is 0.333. The molecular formula is C18H21N5O3S. The lowest BCUT2D eigenvalue weighted by atomic mass is 9.99. The molecule has 27 heavy (non-hydrogen) atoms. The second-order valence-corrected chi connectivity index (χ2v) is 8.02. The molecule has 8 nitrogen and oxygen atoms in total. The Balaban J connectivity index is 1.47. The van der Waals surface area contributed by atoms with Gasteiger partial charge in [0.1, 0.15) is 11.6 Å². The minimum atomic E-state index is -3.79. The Morgan fingerprint density at radius 1 is 1.26 bits per heavy atom. The van der Waals surface area contributed by atoms with Crippen LogP contribution in [0.1, 0.15) is 18.4 Å². The number of nitrogens with zero attached hydrogens (tertiary/aromatic N) is 3. The average molecular weight is 387 g/mol. The Bertz CT molecular complexity index is 962. The summed E-state index contributed by atoms with van der Waals surface area (Å²) in [4.78, 5) is 6.69. The summed E-state index contributed by atoms with van der Waals surface area (Å²) in [7, 11) is -3.79. The molecule has 3 heterocycles. The van der Waals surface area contributed by atoms with Gasteiger partial charge in [-0.15, -0.1) is 4.40 Å². The van der Waals surface area contributed by atoms with Gasteiger partial charge in [0.25, 0.3) is 0 Å². The summed E-state index contributed by atoms with van der Waals surface area (Å²) in [5, 5.41) is 0. The number of amidine groups is 1. The standard InChI is InChI=1S/C18H21N5O3S/c19-18-17-14(21-27(24,25)22-18)6-3-7-15(17)26-12-13-5-4-10-23(11-13)16-8-1-2-9-20-16/h1-3,6-9,13,21H,4-5,10-12H2,(H2,19,22)/t13-/m0/s1. The van der Waals surface area contributed by atoms with Gasteiger partial charge in [-0.2, -0.15) is 8.42 Å². The number of pyridine rings is 1. The zero-order valence-corrected chi connectivity index (χ0v) is 15.5. The lowest BCUT2D eigenvalue weighted by molar-refractivity contribution is 0.228. The third kappa shape index (κ3) is 3.82. The van der Waals surface area contributed by atoms with E-state index in [2.05, 4.69) is 19.0 Å². The molecule has 0 amide bonds. The minimum Gasteiger partial charge on any atom is -0.492 e. The van der Waals surface area contributed by atoms with Crippen LogP contribution in [0.5, 0.6) is 5.75 Å². The molecule has 1 atom stereocenters. The topological polar surface area (TPSA) is 110 Å². The predicted molar refractivity (Wildman–Crippen MR) is 104 cm³/mol. The molecule has 2 aromatic rings. The zero-order chi connectivity index (χ0) is 18.9. The number of rotatable bonds is 4. The van der Waals surface area contributed by atoms with E-state index in [-0.39, 0.29) is 5.84 Å². The first kappa shape index (κ1) is 17.6. The van der Waals surface area contributed by atoms with Crippen LogP contribution in [0.2, 0.25) is 0 Å². The van der Waals surface area contributed by atoms with Crippen molar-refractivity contribution < 1.29 is 13.2 Å². The number of fused-ring (bicyclic) bond motifs is 1. The highest BCUT2D eigenvalue weighted by molar-refractivity contribution is 7.91. The summed E-state index contributed by atoms with van der Waals surface area (Å²) in [6.45, 7) is 2.36. The molecule has 0 aliphatic carbocycles.